The second-order valence-electron chi connectivity index (χ2n) is 5.39. The second kappa shape index (κ2) is 4.88. The molecular formula is C9H15F3N2O3Si. The highest BCUT2D eigenvalue weighted by molar-refractivity contribution is 6.76. The highest BCUT2D eigenvalue weighted by atomic mass is 28.3. The Labute approximate surface area is 103 Å². The van der Waals surface area contributed by atoms with Crippen molar-refractivity contribution in [2.45, 2.75) is 44.4 Å². The smallest absolute Gasteiger partial charge is 0.272 e. The van der Waals surface area contributed by atoms with Crippen LogP contribution in [0.3, 0.4) is 0 Å². The van der Waals surface area contributed by atoms with Crippen molar-refractivity contribution in [2.24, 2.45) is 0 Å². The minimum atomic E-state index is -4.80. The van der Waals surface area contributed by atoms with Crippen molar-refractivity contribution in [1.82, 2.24) is 5.48 Å². The van der Waals surface area contributed by atoms with Crippen LogP contribution < -0.4 is 5.48 Å². The van der Waals surface area contributed by atoms with E-state index < -0.39 is 36.7 Å². The lowest BCUT2D eigenvalue weighted by atomic mass is 10.1. The summed E-state index contributed by atoms with van der Waals surface area (Å²) in [4.78, 5) is 14.6. The number of hydroxylamine groups is 1. The van der Waals surface area contributed by atoms with Gasteiger partial charge in [0, 0.05) is 8.07 Å². The van der Waals surface area contributed by atoms with Crippen molar-refractivity contribution in [2.75, 3.05) is 0 Å². The zero-order valence-electron chi connectivity index (χ0n) is 10.3. The van der Waals surface area contributed by atoms with Gasteiger partial charge in [-0.2, -0.15) is 13.2 Å². The number of nitrogens with zero attached hydrogens (tertiary/aromatic N) is 1. The van der Waals surface area contributed by atoms with Crippen LogP contribution in [-0.2, 0) is 4.84 Å². The van der Waals surface area contributed by atoms with Gasteiger partial charge in [0.25, 0.3) is 5.70 Å². The van der Waals surface area contributed by atoms with Crippen LogP contribution in [0.1, 0.15) is 6.42 Å². The average Bonchev–Trinajstić information content (AvgIpc) is 2.12. The number of nitrogens with one attached hydrogen (secondary N) is 1. The molecule has 5 nitrogen and oxygen atoms in total. The minimum absolute atomic E-state index is 0.320. The normalized spacial score (nSPS) is 21.8. The zero-order valence-corrected chi connectivity index (χ0v) is 11.3. The molecule has 0 bridgehead atoms. The summed E-state index contributed by atoms with van der Waals surface area (Å²) in [5.41, 5.74) is -0.555. The highest BCUT2D eigenvalue weighted by Gasteiger charge is 2.46. The van der Waals surface area contributed by atoms with E-state index in [2.05, 4.69) is 0 Å². The van der Waals surface area contributed by atoms with Crippen LogP contribution in [0.15, 0.2) is 11.4 Å². The summed E-state index contributed by atoms with van der Waals surface area (Å²) in [6.07, 6.45) is -5.70. The van der Waals surface area contributed by atoms with E-state index in [1.807, 2.05) is 19.6 Å². The first-order chi connectivity index (χ1) is 8.00. The summed E-state index contributed by atoms with van der Waals surface area (Å²) in [5, 5.41) is 10.7. The molecule has 0 aromatic heterocycles. The minimum Gasteiger partial charge on any atom is -0.272 e. The lowest BCUT2D eigenvalue weighted by Gasteiger charge is -2.28. The van der Waals surface area contributed by atoms with E-state index in [0.29, 0.717) is 6.04 Å². The third-order valence-corrected chi connectivity index (χ3v) is 4.06. The van der Waals surface area contributed by atoms with E-state index in [4.69, 9.17) is 4.84 Å². The Morgan fingerprint density at radius 2 is 2.06 bits per heavy atom. The highest BCUT2D eigenvalue weighted by Crippen LogP contribution is 2.33. The Bertz CT molecular complexity index is 376. The summed E-state index contributed by atoms with van der Waals surface area (Å²) in [5.74, 6) is 0. The molecule has 1 unspecified atom stereocenters. The van der Waals surface area contributed by atoms with Gasteiger partial charge in [-0.1, -0.05) is 19.6 Å². The lowest BCUT2D eigenvalue weighted by Crippen LogP contribution is -2.41. The largest absolute Gasteiger partial charge is 0.439 e. The molecule has 1 heterocycles. The van der Waals surface area contributed by atoms with Crippen LogP contribution in [0.25, 0.3) is 0 Å². The lowest BCUT2D eigenvalue weighted by molar-refractivity contribution is -0.436. The fourth-order valence-electron chi connectivity index (χ4n) is 1.74. The quantitative estimate of drug-likeness (QED) is 0.491. The number of hydrogen-bond donors (Lipinski definition) is 1. The van der Waals surface area contributed by atoms with E-state index in [-0.39, 0.29) is 6.42 Å². The molecule has 104 valence electrons. The standard InChI is InChI=1S/C9H15F3N2O3Si/c1-18(2,3)5-6-4-7(14(15)16)8(13-17-6)9(10,11)12/h6,13H,4-5H2,1-3H3. The molecule has 0 saturated heterocycles. The van der Waals surface area contributed by atoms with Gasteiger partial charge in [-0.3, -0.25) is 20.4 Å². The molecule has 1 rings (SSSR count). The van der Waals surface area contributed by atoms with Crippen LogP contribution in [0, 0.1) is 10.1 Å². The van der Waals surface area contributed by atoms with Gasteiger partial charge in [0.2, 0.25) is 5.70 Å². The predicted molar refractivity (Wildman–Crippen MR) is 60.9 cm³/mol. The Hall–Kier alpha value is -1.09. The fourth-order valence-corrected chi connectivity index (χ4v) is 3.34. The molecule has 9 heteroatoms. The Balaban J connectivity index is 2.93. The first-order valence-corrected chi connectivity index (χ1v) is 9.08. The van der Waals surface area contributed by atoms with E-state index in [9.17, 15) is 23.3 Å². The van der Waals surface area contributed by atoms with Gasteiger partial charge in [-0.15, -0.1) is 0 Å². The number of nitro groups is 1. The second-order valence-corrected chi connectivity index (χ2v) is 10.9. The molecule has 0 aliphatic carbocycles. The molecular weight excluding hydrogens is 269 g/mol. The molecule has 0 saturated carbocycles. The van der Waals surface area contributed by atoms with E-state index >= 15 is 0 Å². The van der Waals surface area contributed by atoms with Crippen LogP contribution in [0.5, 0.6) is 0 Å². The number of hydrogen-bond acceptors (Lipinski definition) is 4. The molecule has 1 aliphatic rings. The first kappa shape index (κ1) is 15.0. The molecule has 0 amide bonds. The van der Waals surface area contributed by atoms with E-state index in [1.54, 1.807) is 5.48 Å². The van der Waals surface area contributed by atoms with Gasteiger partial charge in [0.1, 0.15) is 0 Å². The Kier molecular flexibility index (Phi) is 4.06. The van der Waals surface area contributed by atoms with Gasteiger partial charge < -0.3 is 0 Å². The van der Waals surface area contributed by atoms with Crippen LogP contribution in [-0.4, -0.2) is 25.3 Å². The molecule has 0 aromatic carbocycles. The Morgan fingerprint density at radius 3 is 2.44 bits per heavy atom. The van der Waals surface area contributed by atoms with Crippen molar-refractivity contribution < 1.29 is 22.9 Å². The van der Waals surface area contributed by atoms with Crippen molar-refractivity contribution in [3.63, 3.8) is 0 Å². The number of rotatable bonds is 3. The number of alkyl halides is 3. The summed E-state index contributed by atoms with van der Waals surface area (Å²) in [7, 11) is -1.57. The zero-order chi connectivity index (χ0) is 14.1. The van der Waals surface area contributed by atoms with E-state index in [0.717, 1.165) is 0 Å². The maximum atomic E-state index is 12.5. The predicted octanol–water partition coefficient (Wildman–Crippen LogP) is 2.67. The van der Waals surface area contributed by atoms with Gasteiger partial charge in [0.05, 0.1) is 17.4 Å². The molecule has 1 atom stereocenters. The van der Waals surface area contributed by atoms with Crippen molar-refractivity contribution in [1.29, 1.82) is 0 Å². The van der Waals surface area contributed by atoms with Crippen LogP contribution >= 0.6 is 0 Å². The van der Waals surface area contributed by atoms with Crippen molar-refractivity contribution >= 4 is 8.07 Å². The average molecular weight is 284 g/mol. The van der Waals surface area contributed by atoms with Gasteiger partial charge in [0.15, 0.2) is 0 Å². The molecule has 0 fully saturated rings. The SMILES string of the molecule is C[Si](C)(C)CC1CC([N+](=O)[O-])=C(C(F)(F)F)NO1. The van der Waals surface area contributed by atoms with Gasteiger partial charge in [-0.05, 0) is 6.04 Å². The van der Waals surface area contributed by atoms with Crippen LogP contribution in [0.2, 0.25) is 25.7 Å². The molecule has 0 aromatic rings. The third-order valence-electron chi connectivity index (χ3n) is 2.38. The Morgan fingerprint density at radius 1 is 1.50 bits per heavy atom. The topological polar surface area (TPSA) is 64.4 Å². The molecule has 18 heavy (non-hydrogen) atoms. The molecule has 0 spiro atoms. The van der Waals surface area contributed by atoms with Gasteiger partial charge in [-0.25, -0.2) is 0 Å². The molecule has 1 aliphatic heterocycles. The number of halogens is 3. The molecule has 0 radical (unpaired) electrons. The maximum Gasteiger partial charge on any atom is 0.439 e. The van der Waals surface area contributed by atoms with Crippen LogP contribution in [0.4, 0.5) is 13.2 Å². The first-order valence-electron chi connectivity index (χ1n) is 5.37. The maximum absolute atomic E-state index is 12.5. The third kappa shape index (κ3) is 3.98. The summed E-state index contributed by atoms with van der Waals surface area (Å²) < 4.78 is 37.6. The van der Waals surface area contributed by atoms with Gasteiger partial charge >= 0.3 is 6.18 Å². The van der Waals surface area contributed by atoms with Crippen molar-refractivity contribution in [3.8, 4) is 0 Å². The van der Waals surface area contributed by atoms with Crippen molar-refractivity contribution in [3.05, 3.63) is 21.5 Å². The fraction of sp³-hybridized carbons (Fsp3) is 0.778. The molecule has 1 N–H and O–H groups in total. The monoisotopic (exact) mass is 284 g/mol. The summed E-state index contributed by atoms with van der Waals surface area (Å²) in [6.45, 7) is 6.06. The van der Waals surface area contributed by atoms with E-state index in [1.165, 1.54) is 0 Å². The summed E-state index contributed by atoms with van der Waals surface area (Å²) >= 11 is 0. The number of allylic oxidation sites excluding steroid dienone is 1. The summed E-state index contributed by atoms with van der Waals surface area (Å²) in [6, 6.07) is 0.558.